The van der Waals surface area contributed by atoms with Gasteiger partial charge in [0, 0.05) is 18.3 Å². The molecule has 4 nitrogen and oxygen atoms in total. The second kappa shape index (κ2) is 4.11. The van der Waals surface area contributed by atoms with E-state index in [2.05, 4.69) is 20.5 Å². The first kappa shape index (κ1) is 9.02. The Labute approximate surface area is 81.9 Å². The zero-order valence-electron chi connectivity index (χ0n) is 7.71. The zero-order valence-corrected chi connectivity index (χ0v) is 8.52. The number of hydrogen-bond donors (Lipinski definition) is 2. The molecule has 13 heavy (non-hydrogen) atoms. The van der Waals surface area contributed by atoms with E-state index in [9.17, 15) is 0 Å². The van der Waals surface area contributed by atoms with Gasteiger partial charge in [0.25, 0.3) is 0 Å². The summed E-state index contributed by atoms with van der Waals surface area (Å²) in [5, 5.41) is 11.2. The molecule has 1 saturated carbocycles. The molecule has 0 unspecified atom stereocenters. The van der Waals surface area contributed by atoms with E-state index in [1.807, 2.05) is 6.92 Å². The Bertz CT molecular complexity index is 269. The number of thioether (sulfide) groups is 1. The van der Waals surface area contributed by atoms with Crippen LogP contribution in [0.25, 0.3) is 0 Å². The van der Waals surface area contributed by atoms with Crippen molar-refractivity contribution in [1.82, 2.24) is 20.5 Å². The van der Waals surface area contributed by atoms with Crippen molar-refractivity contribution in [1.29, 1.82) is 0 Å². The van der Waals surface area contributed by atoms with Crippen LogP contribution in [0.3, 0.4) is 0 Å². The van der Waals surface area contributed by atoms with Crippen molar-refractivity contribution in [2.45, 2.75) is 31.0 Å². The third kappa shape index (κ3) is 3.00. The van der Waals surface area contributed by atoms with Gasteiger partial charge in [-0.15, -0.1) is 5.10 Å². The van der Waals surface area contributed by atoms with E-state index >= 15 is 0 Å². The van der Waals surface area contributed by atoms with Gasteiger partial charge in [-0.25, -0.2) is 4.98 Å². The number of aryl methyl sites for hydroxylation is 1. The van der Waals surface area contributed by atoms with E-state index < -0.39 is 0 Å². The van der Waals surface area contributed by atoms with E-state index in [0.717, 1.165) is 29.3 Å². The Hall–Kier alpha value is -0.550. The van der Waals surface area contributed by atoms with Crippen LogP contribution in [0.4, 0.5) is 0 Å². The van der Waals surface area contributed by atoms with E-state index in [4.69, 9.17) is 0 Å². The number of aromatic nitrogens is 3. The van der Waals surface area contributed by atoms with Crippen molar-refractivity contribution in [2.24, 2.45) is 0 Å². The molecule has 1 aliphatic rings. The Morgan fingerprint density at radius 1 is 1.62 bits per heavy atom. The minimum atomic E-state index is 0.800. The molecule has 1 fully saturated rings. The summed E-state index contributed by atoms with van der Waals surface area (Å²) >= 11 is 1.70. The minimum absolute atomic E-state index is 0.800. The van der Waals surface area contributed by atoms with Gasteiger partial charge >= 0.3 is 0 Å². The summed E-state index contributed by atoms with van der Waals surface area (Å²) in [6.07, 6.45) is 2.70. The van der Waals surface area contributed by atoms with E-state index in [1.165, 1.54) is 12.8 Å². The SMILES string of the molecule is Cc1nc(SCCNC2CC2)n[nH]1. The van der Waals surface area contributed by atoms with Crippen LogP contribution in [-0.4, -0.2) is 33.5 Å². The highest BCUT2D eigenvalue weighted by molar-refractivity contribution is 7.99. The summed E-state index contributed by atoms with van der Waals surface area (Å²) in [6.45, 7) is 2.97. The lowest BCUT2D eigenvalue weighted by atomic mass is 10.6. The van der Waals surface area contributed by atoms with Gasteiger partial charge < -0.3 is 5.32 Å². The van der Waals surface area contributed by atoms with Gasteiger partial charge in [-0.1, -0.05) is 11.8 Å². The minimum Gasteiger partial charge on any atom is -0.313 e. The van der Waals surface area contributed by atoms with Crippen LogP contribution in [-0.2, 0) is 0 Å². The van der Waals surface area contributed by atoms with Gasteiger partial charge in [-0.2, -0.15) is 0 Å². The van der Waals surface area contributed by atoms with Crippen molar-refractivity contribution in [3.8, 4) is 0 Å². The molecule has 0 atom stereocenters. The van der Waals surface area contributed by atoms with Gasteiger partial charge in [0.2, 0.25) is 5.16 Å². The second-order valence-corrected chi connectivity index (χ2v) is 4.34. The van der Waals surface area contributed by atoms with Crippen LogP contribution in [0.5, 0.6) is 0 Å². The standard InChI is InChI=1S/C8H14N4S/c1-6-10-8(12-11-6)13-5-4-9-7-2-3-7/h7,9H,2-5H2,1H3,(H,10,11,12). The lowest BCUT2D eigenvalue weighted by Gasteiger charge is -1.98. The van der Waals surface area contributed by atoms with Gasteiger partial charge in [0.15, 0.2) is 0 Å². The quantitative estimate of drug-likeness (QED) is 0.546. The molecule has 0 aromatic carbocycles. The van der Waals surface area contributed by atoms with Crippen molar-refractivity contribution in [3.05, 3.63) is 5.82 Å². The lowest BCUT2D eigenvalue weighted by Crippen LogP contribution is -2.19. The van der Waals surface area contributed by atoms with E-state index in [-0.39, 0.29) is 0 Å². The van der Waals surface area contributed by atoms with E-state index in [1.54, 1.807) is 11.8 Å². The molecule has 0 spiro atoms. The fourth-order valence-corrected chi connectivity index (χ4v) is 1.79. The highest BCUT2D eigenvalue weighted by Gasteiger charge is 2.19. The first-order valence-electron chi connectivity index (χ1n) is 4.60. The normalized spacial score (nSPS) is 16.4. The van der Waals surface area contributed by atoms with Gasteiger partial charge in [-0.3, -0.25) is 5.10 Å². The third-order valence-electron chi connectivity index (χ3n) is 1.92. The smallest absolute Gasteiger partial charge is 0.208 e. The molecule has 0 saturated heterocycles. The number of nitrogens with zero attached hydrogens (tertiary/aromatic N) is 2. The molecule has 1 aromatic heterocycles. The Morgan fingerprint density at radius 2 is 2.46 bits per heavy atom. The molecule has 5 heteroatoms. The summed E-state index contributed by atoms with van der Waals surface area (Å²) in [5.74, 6) is 1.94. The summed E-state index contributed by atoms with van der Waals surface area (Å²) in [5.41, 5.74) is 0. The largest absolute Gasteiger partial charge is 0.313 e. The van der Waals surface area contributed by atoms with E-state index in [0.29, 0.717) is 0 Å². The van der Waals surface area contributed by atoms with Gasteiger partial charge in [0.1, 0.15) is 5.82 Å². The highest BCUT2D eigenvalue weighted by atomic mass is 32.2. The zero-order chi connectivity index (χ0) is 9.10. The molecule has 0 aliphatic heterocycles. The Morgan fingerprint density at radius 3 is 3.08 bits per heavy atom. The second-order valence-electron chi connectivity index (χ2n) is 3.28. The summed E-state index contributed by atoms with van der Waals surface area (Å²) < 4.78 is 0. The highest BCUT2D eigenvalue weighted by Crippen LogP contribution is 2.18. The third-order valence-corrected chi connectivity index (χ3v) is 2.77. The summed E-state index contributed by atoms with van der Waals surface area (Å²) in [7, 11) is 0. The topological polar surface area (TPSA) is 53.6 Å². The van der Waals surface area contributed by atoms with Crippen LogP contribution in [0.1, 0.15) is 18.7 Å². The number of H-pyrrole nitrogens is 1. The fourth-order valence-electron chi connectivity index (χ4n) is 1.08. The molecular weight excluding hydrogens is 184 g/mol. The average molecular weight is 198 g/mol. The maximum Gasteiger partial charge on any atom is 0.208 e. The monoisotopic (exact) mass is 198 g/mol. The first-order chi connectivity index (χ1) is 6.34. The number of aromatic amines is 1. The van der Waals surface area contributed by atoms with Crippen molar-refractivity contribution in [3.63, 3.8) is 0 Å². The van der Waals surface area contributed by atoms with Crippen molar-refractivity contribution in [2.75, 3.05) is 12.3 Å². The van der Waals surface area contributed by atoms with Crippen LogP contribution in [0, 0.1) is 6.92 Å². The summed E-state index contributed by atoms with van der Waals surface area (Å²) in [6, 6.07) is 0.800. The number of nitrogens with one attached hydrogen (secondary N) is 2. The molecule has 1 heterocycles. The summed E-state index contributed by atoms with van der Waals surface area (Å²) in [4.78, 5) is 4.21. The molecule has 0 amide bonds. The van der Waals surface area contributed by atoms with Gasteiger partial charge in [-0.05, 0) is 19.8 Å². The molecule has 1 aromatic rings. The van der Waals surface area contributed by atoms with Crippen molar-refractivity contribution >= 4 is 11.8 Å². The van der Waals surface area contributed by atoms with Crippen LogP contribution >= 0.6 is 11.8 Å². The molecule has 0 bridgehead atoms. The number of hydrogen-bond acceptors (Lipinski definition) is 4. The number of rotatable bonds is 5. The molecule has 2 N–H and O–H groups in total. The molecule has 72 valence electrons. The Kier molecular flexibility index (Phi) is 2.85. The molecule has 2 rings (SSSR count). The van der Waals surface area contributed by atoms with Crippen LogP contribution in [0.15, 0.2) is 5.16 Å². The van der Waals surface area contributed by atoms with Crippen LogP contribution < -0.4 is 5.32 Å². The Balaban J connectivity index is 1.61. The lowest BCUT2D eigenvalue weighted by molar-refractivity contribution is 0.725. The molecule has 0 radical (unpaired) electrons. The average Bonchev–Trinajstić information content (AvgIpc) is 2.84. The molecule has 1 aliphatic carbocycles. The van der Waals surface area contributed by atoms with Crippen molar-refractivity contribution < 1.29 is 0 Å². The first-order valence-corrected chi connectivity index (χ1v) is 5.58. The molecular formula is C8H14N4S. The maximum absolute atomic E-state index is 4.21. The fraction of sp³-hybridized carbons (Fsp3) is 0.750. The van der Waals surface area contributed by atoms with Gasteiger partial charge in [0.05, 0.1) is 0 Å². The van der Waals surface area contributed by atoms with Crippen LogP contribution in [0.2, 0.25) is 0 Å². The predicted molar refractivity (Wildman–Crippen MR) is 52.9 cm³/mol. The maximum atomic E-state index is 4.21. The predicted octanol–water partition coefficient (Wildman–Crippen LogP) is 0.957.